The molecule has 2 amide bonds. The zero-order chi connectivity index (χ0) is 14.3. The van der Waals surface area contributed by atoms with Crippen LogP contribution < -0.4 is 0 Å². The number of rotatable bonds is 6. The molecule has 1 fully saturated rings. The molecular weight excluding hydrogens is 248 g/mol. The number of ether oxygens (including phenoxy) is 1. The summed E-state index contributed by atoms with van der Waals surface area (Å²) < 4.78 is 4.95. The Kier molecular flexibility index (Phi) is 6.62. The number of urea groups is 1. The highest BCUT2D eigenvalue weighted by molar-refractivity contribution is 5.74. The van der Waals surface area contributed by atoms with Gasteiger partial charge in [0, 0.05) is 40.2 Å². The van der Waals surface area contributed by atoms with Gasteiger partial charge in [0.25, 0.3) is 0 Å². The van der Waals surface area contributed by atoms with Gasteiger partial charge in [0.1, 0.15) is 0 Å². The van der Waals surface area contributed by atoms with Crippen LogP contribution >= 0.6 is 0 Å². The number of nitrogens with zero attached hydrogens (tertiary/aromatic N) is 2. The van der Waals surface area contributed by atoms with E-state index in [2.05, 4.69) is 0 Å². The fourth-order valence-electron chi connectivity index (χ4n) is 2.31. The van der Waals surface area contributed by atoms with Crippen LogP contribution in [0.2, 0.25) is 0 Å². The molecule has 0 spiro atoms. The third-order valence-electron chi connectivity index (χ3n) is 3.61. The normalized spacial score (nSPS) is 16.4. The van der Waals surface area contributed by atoms with Gasteiger partial charge in [-0.15, -0.1) is 0 Å². The first kappa shape index (κ1) is 15.8. The lowest BCUT2D eigenvalue weighted by atomic mass is 9.92. The van der Waals surface area contributed by atoms with E-state index in [0.29, 0.717) is 19.1 Å². The van der Waals surface area contributed by atoms with Crippen molar-refractivity contribution in [3.63, 3.8) is 0 Å². The number of methoxy groups -OCH3 is 1. The molecular formula is C13H24N2O4. The molecule has 1 heterocycles. The lowest BCUT2D eigenvalue weighted by Gasteiger charge is -2.34. The number of likely N-dealkylation sites (N-methyl/N-ethyl adjacent to an activating group) is 1. The van der Waals surface area contributed by atoms with E-state index in [1.54, 1.807) is 19.1 Å². The predicted octanol–water partition coefficient (Wildman–Crippen LogP) is 1.26. The third-order valence-corrected chi connectivity index (χ3v) is 3.61. The van der Waals surface area contributed by atoms with Crippen LogP contribution in [0, 0.1) is 5.92 Å². The first-order valence-corrected chi connectivity index (χ1v) is 6.75. The van der Waals surface area contributed by atoms with Crippen molar-refractivity contribution >= 4 is 12.0 Å². The summed E-state index contributed by atoms with van der Waals surface area (Å²) in [7, 11) is 3.39. The van der Waals surface area contributed by atoms with Gasteiger partial charge in [-0.1, -0.05) is 0 Å². The van der Waals surface area contributed by atoms with Crippen LogP contribution in [0.3, 0.4) is 0 Å². The molecule has 1 saturated heterocycles. The van der Waals surface area contributed by atoms with E-state index in [1.165, 1.54) is 0 Å². The van der Waals surface area contributed by atoms with E-state index in [4.69, 9.17) is 9.84 Å². The molecule has 0 radical (unpaired) electrons. The Morgan fingerprint density at radius 1 is 1.37 bits per heavy atom. The zero-order valence-corrected chi connectivity index (χ0v) is 11.8. The van der Waals surface area contributed by atoms with E-state index in [0.717, 1.165) is 32.4 Å². The van der Waals surface area contributed by atoms with Crippen molar-refractivity contribution in [2.75, 3.05) is 40.4 Å². The Hall–Kier alpha value is -1.30. The molecule has 1 rings (SSSR count). The summed E-state index contributed by atoms with van der Waals surface area (Å²) >= 11 is 0. The van der Waals surface area contributed by atoms with Crippen LogP contribution in [-0.2, 0) is 9.53 Å². The second-order valence-corrected chi connectivity index (χ2v) is 5.06. The van der Waals surface area contributed by atoms with Crippen LogP contribution in [0.1, 0.15) is 25.7 Å². The van der Waals surface area contributed by atoms with Gasteiger partial charge in [0.15, 0.2) is 0 Å². The average molecular weight is 272 g/mol. The largest absolute Gasteiger partial charge is 0.481 e. The smallest absolute Gasteiger partial charge is 0.319 e. The minimum Gasteiger partial charge on any atom is -0.481 e. The van der Waals surface area contributed by atoms with Crippen molar-refractivity contribution in [3.8, 4) is 0 Å². The summed E-state index contributed by atoms with van der Waals surface area (Å²) in [5, 5.41) is 8.66. The van der Waals surface area contributed by atoms with Gasteiger partial charge in [-0.2, -0.15) is 0 Å². The summed E-state index contributed by atoms with van der Waals surface area (Å²) in [6.07, 6.45) is 2.75. The molecule has 0 bridgehead atoms. The third kappa shape index (κ3) is 5.46. The molecule has 0 atom stereocenters. The van der Waals surface area contributed by atoms with Crippen LogP contribution in [0.5, 0.6) is 0 Å². The Labute approximate surface area is 114 Å². The Morgan fingerprint density at radius 2 is 2.00 bits per heavy atom. The van der Waals surface area contributed by atoms with E-state index >= 15 is 0 Å². The molecule has 0 unspecified atom stereocenters. The number of hydrogen-bond donors (Lipinski definition) is 1. The zero-order valence-electron chi connectivity index (χ0n) is 11.8. The van der Waals surface area contributed by atoms with E-state index in [-0.39, 0.29) is 12.5 Å². The molecule has 6 heteroatoms. The summed E-state index contributed by atoms with van der Waals surface area (Å²) in [6.45, 7) is 2.58. The van der Waals surface area contributed by atoms with Gasteiger partial charge in [0.05, 0.1) is 6.61 Å². The van der Waals surface area contributed by atoms with E-state index < -0.39 is 5.97 Å². The first-order chi connectivity index (χ1) is 9.04. The number of aliphatic carboxylic acids is 1. The van der Waals surface area contributed by atoms with Gasteiger partial charge in [-0.25, -0.2) is 4.79 Å². The fourth-order valence-corrected chi connectivity index (χ4v) is 2.31. The van der Waals surface area contributed by atoms with E-state index in [9.17, 15) is 9.59 Å². The average Bonchev–Trinajstić information content (AvgIpc) is 2.42. The summed E-state index contributed by atoms with van der Waals surface area (Å²) in [5.41, 5.74) is 0. The number of carbonyl (C=O) groups is 2. The van der Waals surface area contributed by atoms with Crippen LogP contribution in [0.4, 0.5) is 4.79 Å². The molecule has 1 aliphatic rings. The van der Waals surface area contributed by atoms with Crippen molar-refractivity contribution in [1.29, 1.82) is 0 Å². The van der Waals surface area contributed by atoms with Crippen LogP contribution in [-0.4, -0.2) is 67.3 Å². The number of piperidine rings is 1. The predicted molar refractivity (Wildman–Crippen MR) is 71.1 cm³/mol. The van der Waals surface area contributed by atoms with Crippen LogP contribution in [0.15, 0.2) is 0 Å². The second-order valence-electron chi connectivity index (χ2n) is 5.06. The number of carbonyl (C=O) groups excluding carboxylic acids is 1. The lowest BCUT2D eigenvalue weighted by molar-refractivity contribution is -0.137. The molecule has 0 aromatic heterocycles. The molecule has 19 heavy (non-hydrogen) atoms. The molecule has 1 aliphatic heterocycles. The lowest BCUT2D eigenvalue weighted by Crippen LogP contribution is -2.46. The van der Waals surface area contributed by atoms with Gasteiger partial charge in [0.2, 0.25) is 0 Å². The Balaban J connectivity index is 2.28. The minimum atomic E-state index is -0.738. The van der Waals surface area contributed by atoms with Gasteiger partial charge in [-0.3, -0.25) is 4.79 Å². The summed E-state index contributed by atoms with van der Waals surface area (Å²) in [6, 6.07) is 0.0359. The highest BCUT2D eigenvalue weighted by atomic mass is 16.5. The first-order valence-electron chi connectivity index (χ1n) is 6.75. The molecule has 0 saturated carbocycles. The van der Waals surface area contributed by atoms with Crippen molar-refractivity contribution in [3.05, 3.63) is 0 Å². The Bertz CT molecular complexity index is 301. The van der Waals surface area contributed by atoms with Gasteiger partial charge >= 0.3 is 12.0 Å². The number of likely N-dealkylation sites (tertiary alicyclic amines) is 1. The highest BCUT2D eigenvalue weighted by Crippen LogP contribution is 2.22. The summed E-state index contributed by atoms with van der Waals surface area (Å²) in [5.74, 6) is -0.303. The van der Waals surface area contributed by atoms with E-state index in [1.807, 2.05) is 4.90 Å². The fraction of sp³-hybridized carbons (Fsp3) is 0.846. The quantitative estimate of drug-likeness (QED) is 0.790. The molecule has 110 valence electrons. The molecule has 0 aliphatic carbocycles. The SMILES string of the molecule is COCCN(C)C(=O)N1CCC(CCC(=O)O)CC1. The maximum atomic E-state index is 12.1. The molecule has 6 nitrogen and oxygen atoms in total. The molecule has 0 aromatic rings. The number of hydrogen-bond acceptors (Lipinski definition) is 3. The molecule has 1 N–H and O–H groups in total. The van der Waals surface area contributed by atoms with Crippen molar-refractivity contribution in [2.24, 2.45) is 5.92 Å². The minimum absolute atomic E-state index is 0.0359. The molecule has 0 aromatic carbocycles. The topological polar surface area (TPSA) is 70.1 Å². The number of carboxylic acid groups (broad SMARTS) is 1. The van der Waals surface area contributed by atoms with Crippen molar-refractivity contribution in [1.82, 2.24) is 9.80 Å². The monoisotopic (exact) mass is 272 g/mol. The van der Waals surface area contributed by atoms with Crippen molar-refractivity contribution in [2.45, 2.75) is 25.7 Å². The number of amides is 2. The van der Waals surface area contributed by atoms with Gasteiger partial charge in [-0.05, 0) is 25.2 Å². The van der Waals surface area contributed by atoms with Gasteiger partial charge < -0.3 is 19.6 Å². The number of carboxylic acids is 1. The highest BCUT2D eigenvalue weighted by Gasteiger charge is 2.24. The van der Waals surface area contributed by atoms with Crippen molar-refractivity contribution < 1.29 is 19.4 Å². The van der Waals surface area contributed by atoms with Crippen LogP contribution in [0.25, 0.3) is 0 Å². The standard InChI is InChI=1S/C13H24N2O4/c1-14(9-10-19-2)13(18)15-7-5-11(6-8-15)3-4-12(16)17/h11H,3-10H2,1-2H3,(H,16,17). The second kappa shape index (κ2) is 7.99. The Morgan fingerprint density at radius 3 is 2.53 bits per heavy atom. The maximum Gasteiger partial charge on any atom is 0.319 e. The maximum absolute atomic E-state index is 12.1. The summed E-state index contributed by atoms with van der Waals surface area (Å²) in [4.78, 5) is 26.1.